The number of nitrogen functional groups attached to an aromatic ring is 1. The number of nitrogens with two attached hydrogens (primary N) is 1. The minimum Gasteiger partial charge on any atom is -0.469 e. The first kappa shape index (κ1) is 22.6. The predicted octanol–water partition coefficient (Wildman–Crippen LogP) is 1.16. The highest BCUT2D eigenvalue weighted by molar-refractivity contribution is 5.69. The molecule has 0 saturated carbocycles. The van der Waals surface area contributed by atoms with Crippen LogP contribution in [-0.2, 0) is 32.2 Å². The van der Waals surface area contributed by atoms with E-state index in [0.29, 0.717) is 38.2 Å². The van der Waals surface area contributed by atoms with E-state index in [4.69, 9.17) is 5.73 Å². The van der Waals surface area contributed by atoms with Crippen LogP contribution in [0.5, 0.6) is 0 Å². The molecule has 0 radical (unpaired) electrons. The van der Waals surface area contributed by atoms with Gasteiger partial charge in [0.05, 0.1) is 38.1 Å². The number of aromatic nitrogens is 4. The Hall–Kier alpha value is -3.44. The fourth-order valence-electron chi connectivity index (χ4n) is 2.05. The molecule has 0 aromatic carbocycles. The van der Waals surface area contributed by atoms with Crippen molar-refractivity contribution >= 4 is 23.6 Å². The number of esters is 2. The van der Waals surface area contributed by atoms with Gasteiger partial charge in [-0.1, -0.05) is 0 Å². The fourth-order valence-corrected chi connectivity index (χ4v) is 2.05. The minimum atomic E-state index is -0.559. The zero-order chi connectivity index (χ0) is 20.9. The molecule has 28 heavy (non-hydrogen) atoms. The van der Waals surface area contributed by atoms with Gasteiger partial charge in [0.2, 0.25) is 0 Å². The number of rotatable bonds is 9. The molecule has 0 fully saturated rings. The van der Waals surface area contributed by atoms with E-state index in [1.807, 2.05) is 0 Å². The van der Waals surface area contributed by atoms with Gasteiger partial charge in [-0.25, -0.2) is 0 Å². The summed E-state index contributed by atoms with van der Waals surface area (Å²) in [5.41, 5.74) is 5.41. The SMILES string of the molecule is COC(=O)CCCn1ccc(N)n1.COC(=O)CCCn1ccc([N+](=O)[O-])n1. The number of aryl methyl sites for hydroxylation is 2. The number of ether oxygens (including phenoxy) is 2. The highest BCUT2D eigenvalue weighted by atomic mass is 16.6. The Morgan fingerprint density at radius 2 is 1.54 bits per heavy atom. The van der Waals surface area contributed by atoms with Crippen LogP contribution >= 0.6 is 0 Å². The summed E-state index contributed by atoms with van der Waals surface area (Å²) in [5, 5.41) is 18.0. The number of nitrogens with zero attached hydrogens (tertiary/aromatic N) is 5. The maximum absolute atomic E-state index is 10.8. The lowest BCUT2D eigenvalue weighted by Gasteiger charge is -1.99. The Morgan fingerprint density at radius 1 is 1.04 bits per heavy atom. The second-order valence-corrected chi connectivity index (χ2v) is 5.56. The number of carbonyl (C=O) groups excluding carboxylic acids is 2. The van der Waals surface area contributed by atoms with Crippen LogP contribution in [0.15, 0.2) is 24.5 Å². The first-order valence-corrected chi connectivity index (χ1v) is 8.46. The highest BCUT2D eigenvalue weighted by Gasteiger charge is 2.10. The van der Waals surface area contributed by atoms with Gasteiger partial charge in [-0.15, -0.1) is 0 Å². The number of hydrogen-bond donors (Lipinski definition) is 1. The molecule has 0 spiro atoms. The minimum absolute atomic E-state index is 0.187. The molecule has 0 aliphatic carbocycles. The van der Waals surface area contributed by atoms with Crippen LogP contribution in [0, 0.1) is 10.1 Å². The van der Waals surface area contributed by atoms with Crippen molar-refractivity contribution in [2.45, 2.75) is 38.8 Å². The van der Waals surface area contributed by atoms with Crippen LogP contribution < -0.4 is 5.73 Å². The molecule has 2 N–H and O–H groups in total. The third-order valence-corrected chi connectivity index (χ3v) is 3.47. The average Bonchev–Trinajstić information content (AvgIpc) is 3.31. The van der Waals surface area contributed by atoms with Crippen molar-refractivity contribution in [1.82, 2.24) is 19.6 Å². The quantitative estimate of drug-likeness (QED) is 0.373. The van der Waals surface area contributed by atoms with Gasteiger partial charge >= 0.3 is 17.8 Å². The maximum atomic E-state index is 10.8. The smallest absolute Gasteiger partial charge is 0.389 e. The van der Waals surface area contributed by atoms with Gasteiger partial charge in [0.25, 0.3) is 0 Å². The summed E-state index contributed by atoms with van der Waals surface area (Å²) >= 11 is 0. The molecule has 2 aromatic heterocycles. The van der Waals surface area contributed by atoms with E-state index in [9.17, 15) is 19.7 Å². The molecule has 154 valence electrons. The Bertz CT molecular complexity index is 771. The molecule has 0 unspecified atom stereocenters. The van der Waals surface area contributed by atoms with Gasteiger partial charge in [0.15, 0.2) is 0 Å². The molecule has 0 amide bonds. The maximum Gasteiger partial charge on any atom is 0.389 e. The molecule has 2 rings (SSSR count). The topological polar surface area (TPSA) is 157 Å². The number of methoxy groups -OCH3 is 2. The first-order chi connectivity index (χ1) is 13.3. The first-order valence-electron chi connectivity index (χ1n) is 8.46. The van der Waals surface area contributed by atoms with Gasteiger partial charge in [-0.3, -0.25) is 14.3 Å². The summed E-state index contributed by atoms with van der Waals surface area (Å²) in [6.45, 7) is 1.15. The van der Waals surface area contributed by atoms with Crippen molar-refractivity contribution < 1.29 is 24.0 Å². The van der Waals surface area contributed by atoms with Crippen molar-refractivity contribution in [2.75, 3.05) is 20.0 Å². The van der Waals surface area contributed by atoms with Crippen LogP contribution in [0.4, 0.5) is 11.6 Å². The largest absolute Gasteiger partial charge is 0.469 e. The molecule has 0 saturated heterocycles. The van der Waals surface area contributed by atoms with Gasteiger partial charge in [0, 0.05) is 25.6 Å². The molecule has 0 bridgehead atoms. The summed E-state index contributed by atoms with van der Waals surface area (Å²) in [4.78, 5) is 31.2. The second kappa shape index (κ2) is 12.0. The van der Waals surface area contributed by atoms with E-state index in [0.717, 1.165) is 0 Å². The van der Waals surface area contributed by atoms with Crippen LogP contribution in [0.25, 0.3) is 0 Å². The third kappa shape index (κ3) is 8.78. The highest BCUT2D eigenvalue weighted by Crippen LogP contribution is 2.06. The molecule has 12 nitrogen and oxygen atoms in total. The number of nitro groups is 1. The Labute approximate surface area is 161 Å². The lowest BCUT2D eigenvalue weighted by Crippen LogP contribution is -2.04. The molecule has 0 aliphatic heterocycles. The van der Waals surface area contributed by atoms with E-state index >= 15 is 0 Å². The molecule has 0 aliphatic rings. The summed E-state index contributed by atoms with van der Waals surface area (Å²) in [7, 11) is 2.70. The zero-order valence-electron chi connectivity index (χ0n) is 15.8. The average molecular weight is 396 g/mol. The van der Waals surface area contributed by atoms with Crippen molar-refractivity contribution in [3.63, 3.8) is 0 Å². The summed E-state index contributed by atoms with van der Waals surface area (Å²) in [6, 6.07) is 3.04. The Morgan fingerprint density at radius 3 is 1.93 bits per heavy atom. The van der Waals surface area contributed by atoms with Crippen molar-refractivity contribution in [2.24, 2.45) is 0 Å². The Balaban J connectivity index is 0.000000283. The van der Waals surface area contributed by atoms with Gasteiger partial charge in [-0.2, -0.15) is 9.78 Å². The molecular weight excluding hydrogens is 372 g/mol. The number of anilines is 1. The summed E-state index contributed by atoms with van der Waals surface area (Å²) < 4.78 is 12.1. The van der Waals surface area contributed by atoms with E-state index in [-0.39, 0.29) is 24.2 Å². The lowest BCUT2D eigenvalue weighted by atomic mass is 10.3. The molecule has 2 aromatic rings. The van der Waals surface area contributed by atoms with Crippen molar-refractivity contribution in [3.05, 3.63) is 34.6 Å². The van der Waals surface area contributed by atoms with E-state index in [1.165, 1.54) is 31.2 Å². The van der Waals surface area contributed by atoms with Gasteiger partial charge in [0.1, 0.15) is 5.82 Å². The summed E-state index contributed by atoms with van der Waals surface area (Å²) in [6.07, 6.45) is 5.25. The van der Waals surface area contributed by atoms with Gasteiger partial charge < -0.3 is 25.3 Å². The standard InChI is InChI=1S/C8H11N3O4.C8H13N3O2/c1-15-8(12)3-2-5-10-6-4-7(9-10)11(13)14;1-13-8(12)3-2-5-11-6-4-7(9)10-11/h4,6H,2-3,5H2,1H3;4,6H,2-3,5H2,1H3,(H2,9,10). The lowest BCUT2D eigenvalue weighted by molar-refractivity contribution is -0.389. The number of hydrogen-bond acceptors (Lipinski definition) is 9. The molecule has 2 heterocycles. The monoisotopic (exact) mass is 396 g/mol. The Kier molecular flexibility index (Phi) is 9.72. The fraction of sp³-hybridized carbons (Fsp3) is 0.500. The van der Waals surface area contributed by atoms with E-state index in [2.05, 4.69) is 19.7 Å². The third-order valence-electron chi connectivity index (χ3n) is 3.47. The molecular formula is C16H24N6O6. The van der Waals surface area contributed by atoms with E-state index < -0.39 is 4.92 Å². The van der Waals surface area contributed by atoms with Crippen LogP contribution in [0.2, 0.25) is 0 Å². The van der Waals surface area contributed by atoms with Crippen LogP contribution in [0.3, 0.4) is 0 Å². The second-order valence-electron chi connectivity index (χ2n) is 5.56. The van der Waals surface area contributed by atoms with Gasteiger partial charge in [-0.05, 0) is 23.8 Å². The van der Waals surface area contributed by atoms with Crippen LogP contribution in [-0.4, -0.2) is 50.6 Å². The summed E-state index contributed by atoms with van der Waals surface area (Å²) in [5.74, 6) is -0.178. The van der Waals surface area contributed by atoms with Crippen molar-refractivity contribution in [3.8, 4) is 0 Å². The molecule has 12 heteroatoms. The number of carbonyl (C=O) groups is 2. The van der Waals surface area contributed by atoms with Crippen molar-refractivity contribution in [1.29, 1.82) is 0 Å². The van der Waals surface area contributed by atoms with Crippen LogP contribution in [0.1, 0.15) is 25.7 Å². The predicted molar refractivity (Wildman–Crippen MR) is 98.0 cm³/mol. The normalized spacial score (nSPS) is 9.93. The molecule has 0 atom stereocenters. The van der Waals surface area contributed by atoms with E-state index in [1.54, 1.807) is 16.9 Å². The zero-order valence-corrected chi connectivity index (χ0v) is 15.8.